The van der Waals surface area contributed by atoms with Gasteiger partial charge in [0.1, 0.15) is 0 Å². The van der Waals surface area contributed by atoms with Gasteiger partial charge in [-0.3, -0.25) is 0 Å². The Labute approximate surface area is 224 Å². The molecule has 0 aromatic carbocycles. The third-order valence-corrected chi connectivity index (χ3v) is 13.6. The highest BCUT2D eigenvalue weighted by Crippen LogP contribution is 2.20. The minimum atomic E-state index is -3.30. The summed E-state index contributed by atoms with van der Waals surface area (Å²) in [5.74, 6) is 0. The van der Waals surface area contributed by atoms with Gasteiger partial charge in [0.05, 0.1) is 15.7 Å². The molecule has 36 heavy (non-hydrogen) atoms. The molecule has 3 rings (SSSR count). The van der Waals surface area contributed by atoms with Gasteiger partial charge < -0.3 is 15.1 Å². The Hall–Kier alpha value is -0.0600. The van der Waals surface area contributed by atoms with E-state index < -0.39 is 29.1 Å². The Morgan fingerprint density at radius 1 is 0.611 bits per heavy atom. The molecule has 15 heteroatoms. The Kier molecular flexibility index (Phi) is 14.1. The maximum atomic E-state index is 11.7. The summed E-state index contributed by atoms with van der Waals surface area (Å²) in [6.45, 7) is 5.07. The van der Waals surface area contributed by atoms with Crippen molar-refractivity contribution in [2.24, 2.45) is 0 Å². The number of hydrogen-bond donors (Lipinski definition) is 1. The number of halogens is 1. The monoisotopic (exact) mass is 595 g/mol. The second-order valence-corrected chi connectivity index (χ2v) is 17.8. The summed E-state index contributed by atoms with van der Waals surface area (Å²) >= 11 is 0. The van der Waals surface area contributed by atoms with Crippen LogP contribution < -0.4 is 5.32 Å². The molecule has 0 unspecified atom stereocenters. The van der Waals surface area contributed by atoms with Crippen LogP contribution in [0.3, 0.4) is 0 Å². The predicted octanol–water partition coefficient (Wildman–Crippen LogP) is 0.251. The Morgan fingerprint density at radius 2 is 0.917 bits per heavy atom. The predicted molar refractivity (Wildman–Crippen MR) is 147 cm³/mol. The molecule has 3 saturated heterocycles. The molecule has 0 amide bonds. The smallest absolute Gasteiger partial charge is 0.235 e. The number of nitrogens with zero attached hydrogens (tertiary/aromatic N) is 4. The van der Waals surface area contributed by atoms with Gasteiger partial charge in [0.25, 0.3) is 0 Å². The average molecular weight is 596 g/mol. The summed E-state index contributed by atoms with van der Waals surface area (Å²) in [5, 5.41) is 2.48. The van der Waals surface area contributed by atoms with Crippen LogP contribution in [0.2, 0.25) is 0 Å². The van der Waals surface area contributed by atoms with E-state index in [-0.39, 0.29) is 15.7 Å². The largest absolute Gasteiger partial charge is 0.317 e. The molecule has 0 radical (unpaired) electrons. The molecule has 0 bridgehead atoms. The van der Waals surface area contributed by atoms with Crippen molar-refractivity contribution in [2.75, 3.05) is 81.6 Å². The van der Waals surface area contributed by atoms with E-state index in [9.17, 15) is 25.3 Å². The lowest BCUT2D eigenvalue weighted by Crippen LogP contribution is -2.41. The highest BCUT2D eigenvalue weighted by atomic mass is 35.7. The van der Waals surface area contributed by atoms with E-state index in [4.69, 9.17) is 10.7 Å². The molecule has 3 heterocycles. The van der Waals surface area contributed by atoms with E-state index in [1.807, 2.05) is 14.1 Å². The maximum absolute atomic E-state index is 11.7. The van der Waals surface area contributed by atoms with Gasteiger partial charge in [-0.25, -0.2) is 33.9 Å². The number of piperidine rings is 3. The third-order valence-electron chi connectivity index (χ3n) is 6.88. The normalized spacial score (nSPS) is 22.6. The van der Waals surface area contributed by atoms with Crippen LogP contribution in [0, 0.1) is 0 Å². The molecule has 0 aromatic rings. The van der Waals surface area contributed by atoms with Gasteiger partial charge in [-0.05, 0) is 91.9 Å². The quantitative estimate of drug-likeness (QED) is 0.445. The lowest BCUT2D eigenvalue weighted by atomic mass is 10.1. The van der Waals surface area contributed by atoms with Crippen molar-refractivity contribution in [1.82, 2.24) is 23.7 Å². The summed E-state index contributed by atoms with van der Waals surface area (Å²) < 4.78 is 70.9. The Morgan fingerprint density at radius 3 is 1.22 bits per heavy atom. The van der Waals surface area contributed by atoms with E-state index in [2.05, 4.69) is 15.1 Å². The molecule has 3 fully saturated rings. The molecular weight excluding hydrogens is 550 g/mol. The first-order chi connectivity index (χ1) is 16.5. The minimum Gasteiger partial charge on any atom is -0.317 e. The molecule has 3 aliphatic heterocycles. The van der Waals surface area contributed by atoms with Crippen LogP contribution in [-0.4, -0.2) is 141 Å². The average Bonchev–Trinajstić information content (AvgIpc) is 2.80. The summed E-state index contributed by atoms with van der Waals surface area (Å²) in [7, 11) is 6.29. The molecule has 3 aliphatic rings. The van der Waals surface area contributed by atoms with E-state index in [0.29, 0.717) is 12.8 Å². The zero-order chi connectivity index (χ0) is 27.7. The first kappa shape index (κ1) is 34.0. The second-order valence-electron chi connectivity index (χ2n) is 10.1. The van der Waals surface area contributed by atoms with Crippen LogP contribution in [0.25, 0.3) is 0 Å². The fraction of sp³-hybridized carbons (Fsp3) is 1.00. The van der Waals surface area contributed by atoms with Crippen LogP contribution in [-0.2, 0) is 29.1 Å². The van der Waals surface area contributed by atoms with Crippen molar-refractivity contribution < 1.29 is 25.3 Å². The van der Waals surface area contributed by atoms with E-state index >= 15 is 0 Å². The topological polar surface area (TPSA) is 127 Å². The van der Waals surface area contributed by atoms with Gasteiger partial charge in [0, 0.05) is 38.9 Å². The van der Waals surface area contributed by atoms with Gasteiger partial charge in [-0.1, -0.05) is 0 Å². The van der Waals surface area contributed by atoms with Gasteiger partial charge in [-0.2, -0.15) is 0 Å². The van der Waals surface area contributed by atoms with Crippen molar-refractivity contribution in [3.05, 3.63) is 0 Å². The van der Waals surface area contributed by atoms with Crippen molar-refractivity contribution in [3.63, 3.8) is 0 Å². The summed E-state index contributed by atoms with van der Waals surface area (Å²) in [6, 6.07) is 0. The molecule has 0 aromatic heterocycles. The molecule has 0 spiro atoms. The fourth-order valence-corrected chi connectivity index (χ4v) is 8.38. The van der Waals surface area contributed by atoms with Crippen LogP contribution in [0.4, 0.5) is 0 Å². The van der Waals surface area contributed by atoms with Gasteiger partial charge in [-0.15, -0.1) is 0 Å². The molecule has 0 saturated carbocycles. The lowest BCUT2D eigenvalue weighted by molar-refractivity contribution is 0.275. The highest BCUT2D eigenvalue weighted by Gasteiger charge is 2.31. The zero-order valence-corrected chi connectivity index (χ0v) is 25.8. The molecule has 1 N–H and O–H groups in total. The summed E-state index contributed by atoms with van der Waals surface area (Å²) in [6.07, 6.45) is 4.33. The van der Waals surface area contributed by atoms with E-state index in [0.717, 1.165) is 65.0 Å². The standard InChI is InChI=1S/C8H18N2O2S.C7H16N2O2S.C6H12ClNO2S/c1-9(2)13(11,12)8-4-6-10(3)7-5-8;1-9(2)12(10,11)7-3-5-8-6-4-7;1-8-4-2-6(3-5-8)11(7,9)10/h8H,4-7H2,1-3H3;7-8H,3-6H2,1-2H3;6H,2-5H2,1H3. The maximum Gasteiger partial charge on any atom is 0.235 e. The van der Waals surface area contributed by atoms with Crippen molar-refractivity contribution in [1.29, 1.82) is 0 Å². The molecule has 0 atom stereocenters. The Balaban J connectivity index is 0.000000271. The van der Waals surface area contributed by atoms with Crippen LogP contribution in [0.5, 0.6) is 0 Å². The number of nitrogens with one attached hydrogen (secondary N) is 1. The van der Waals surface area contributed by atoms with Gasteiger partial charge in [0.15, 0.2) is 0 Å². The van der Waals surface area contributed by atoms with Crippen molar-refractivity contribution >= 4 is 39.8 Å². The number of rotatable bonds is 5. The van der Waals surface area contributed by atoms with E-state index in [1.165, 1.54) is 8.61 Å². The molecule has 11 nitrogen and oxygen atoms in total. The fourth-order valence-electron chi connectivity index (χ4n) is 4.24. The van der Waals surface area contributed by atoms with Crippen molar-refractivity contribution in [2.45, 2.75) is 54.3 Å². The summed E-state index contributed by atoms with van der Waals surface area (Å²) in [4.78, 5) is 4.28. The van der Waals surface area contributed by atoms with Crippen LogP contribution in [0.1, 0.15) is 38.5 Å². The van der Waals surface area contributed by atoms with Gasteiger partial charge >= 0.3 is 0 Å². The Bertz CT molecular complexity index is 954. The second kappa shape index (κ2) is 14.9. The lowest BCUT2D eigenvalue weighted by Gasteiger charge is -2.30. The zero-order valence-electron chi connectivity index (χ0n) is 22.6. The minimum absolute atomic E-state index is 0.168. The molecular formula is C21H46ClN5O6S3. The van der Waals surface area contributed by atoms with E-state index in [1.54, 1.807) is 28.2 Å². The van der Waals surface area contributed by atoms with Gasteiger partial charge in [0.2, 0.25) is 29.1 Å². The first-order valence-corrected chi connectivity index (χ1v) is 17.7. The first-order valence-electron chi connectivity index (χ1n) is 12.3. The number of likely N-dealkylation sites (tertiary alicyclic amines) is 2. The molecule has 0 aliphatic carbocycles. The van der Waals surface area contributed by atoms with Crippen molar-refractivity contribution in [3.8, 4) is 0 Å². The SMILES string of the molecule is CN(C)S(=O)(=O)C1CCNCC1.CN1CCC(S(=O)(=O)Cl)CC1.CN1CCC(S(=O)(=O)N(C)C)CC1. The number of hydrogen-bond acceptors (Lipinski definition) is 9. The summed E-state index contributed by atoms with van der Waals surface area (Å²) in [5.41, 5.74) is 0. The highest BCUT2D eigenvalue weighted by molar-refractivity contribution is 8.14. The van der Waals surface area contributed by atoms with Crippen LogP contribution >= 0.6 is 10.7 Å². The number of sulfonamides is 2. The van der Waals surface area contributed by atoms with Crippen LogP contribution in [0.15, 0.2) is 0 Å². The molecule has 216 valence electrons. The third kappa shape index (κ3) is 11.0.